The van der Waals surface area contributed by atoms with Gasteiger partial charge in [-0.2, -0.15) is 0 Å². The Labute approximate surface area is 228 Å². The topological polar surface area (TPSA) is 137 Å². The minimum Gasteiger partial charge on any atom is -0.399 e. The minimum absolute atomic E-state index is 0.0530. The Morgan fingerprint density at radius 3 is 2.13 bits per heavy atom. The second-order valence-electron chi connectivity index (χ2n) is 9.73. The minimum atomic E-state index is -0.366. The number of rotatable bonds is 13. The first-order valence-corrected chi connectivity index (χ1v) is 13.6. The van der Waals surface area contributed by atoms with Gasteiger partial charge in [0.2, 0.25) is 0 Å². The lowest BCUT2D eigenvalue weighted by Crippen LogP contribution is -2.41. The third-order valence-corrected chi connectivity index (χ3v) is 7.21. The molecule has 4 rings (SSSR count). The number of nitrogens with zero attached hydrogens (tertiary/aromatic N) is 5. The highest BCUT2D eigenvalue weighted by Crippen LogP contribution is 2.20. The molecule has 39 heavy (non-hydrogen) atoms. The number of aliphatic hydroxyl groups is 1. The summed E-state index contributed by atoms with van der Waals surface area (Å²) in [6.45, 7) is 7.09. The maximum atomic E-state index is 13.8. The van der Waals surface area contributed by atoms with Gasteiger partial charge in [-0.05, 0) is 42.6 Å². The average Bonchev–Trinajstić information content (AvgIpc) is 3.29. The number of likely N-dealkylation sites (N-methyl/N-ethyl adjacent to an activating group) is 1. The van der Waals surface area contributed by atoms with Crippen molar-refractivity contribution in [3.63, 3.8) is 0 Å². The molecule has 0 fully saturated rings. The van der Waals surface area contributed by atoms with Gasteiger partial charge < -0.3 is 21.1 Å². The molecule has 10 nitrogen and oxygen atoms in total. The predicted octanol–water partition coefficient (Wildman–Crippen LogP) is 2.08. The summed E-state index contributed by atoms with van der Waals surface area (Å²) in [5.74, 6) is 0.668. The van der Waals surface area contributed by atoms with Gasteiger partial charge >= 0.3 is 5.69 Å². The number of nitrogens with two attached hydrogens (primary N) is 2. The van der Waals surface area contributed by atoms with Gasteiger partial charge in [-0.25, -0.2) is 9.78 Å². The molecule has 0 atom stereocenters. The van der Waals surface area contributed by atoms with Gasteiger partial charge in [0, 0.05) is 50.5 Å². The second-order valence-corrected chi connectivity index (χ2v) is 9.73. The molecular formula is C29H39N7O3. The van der Waals surface area contributed by atoms with Gasteiger partial charge in [-0.3, -0.25) is 18.8 Å². The number of para-hydroxylation sites is 2. The van der Waals surface area contributed by atoms with Crippen molar-refractivity contribution in [2.45, 2.75) is 52.7 Å². The lowest BCUT2D eigenvalue weighted by molar-refractivity contribution is 0.197. The van der Waals surface area contributed by atoms with Gasteiger partial charge in [0.15, 0.2) is 11.2 Å². The van der Waals surface area contributed by atoms with Crippen LogP contribution >= 0.6 is 0 Å². The van der Waals surface area contributed by atoms with Crippen LogP contribution in [0, 0.1) is 0 Å². The largest absolute Gasteiger partial charge is 0.399 e. The molecule has 0 spiro atoms. The maximum absolute atomic E-state index is 13.8. The molecule has 0 saturated heterocycles. The normalized spacial score (nSPS) is 11.6. The number of benzene rings is 2. The Hall–Kier alpha value is -3.89. The number of aliphatic hydroxyl groups excluding tert-OH is 1. The molecule has 208 valence electrons. The maximum Gasteiger partial charge on any atom is 0.332 e. The van der Waals surface area contributed by atoms with E-state index in [1.807, 2.05) is 66.9 Å². The molecule has 0 bridgehead atoms. The van der Waals surface area contributed by atoms with Gasteiger partial charge in [-0.15, -0.1) is 0 Å². The van der Waals surface area contributed by atoms with Crippen molar-refractivity contribution in [2.24, 2.45) is 0 Å². The van der Waals surface area contributed by atoms with E-state index >= 15 is 0 Å². The molecule has 0 amide bonds. The van der Waals surface area contributed by atoms with E-state index in [2.05, 4.69) is 4.90 Å². The SMILES string of the molecule is CCCn1c(=O)c2c(nc(Cc3ccccc3N)n2CCN(CC)CCO)n(CCc2ccccc2N)c1=O. The van der Waals surface area contributed by atoms with Crippen LogP contribution in [0.3, 0.4) is 0 Å². The lowest BCUT2D eigenvalue weighted by atomic mass is 10.1. The fourth-order valence-electron chi connectivity index (χ4n) is 5.00. The van der Waals surface area contributed by atoms with Crippen LogP contribution in [0.4, 0.5) is 11.4 Å². The van der Waals surface area contributed by atoms with Crippen LogP contribution in [-0.2, 0) is 32.5 Å². The fraction of sp³-hybridized carbons (Fsp3) is 0.414. The lowest BCUT2D eigenvalue weighted by Gasteiger charge is -2.20. The first-order valence-electron chi connectivity index (χ1n) is 13.6. The van der Waals surface area contributed by atoms with Gasteiger partial charge in [0.25, 0.3) is 5.56 Å². The molecule has 2 aromatic carbocycles. The van der Waals surface area contributed by atoms with Crippen LogP contribution < -0.4 is 22.7 Å². The summed E-state index contributed by atoms with van der Waals surface area (Å²) in [4.78, 5) is 34.5. The summed E-state index contributed by atoms with van der Waals surface area (Å²) in [7, 11) is 0. The Morgan fingerprint density at radius 1 is 0.846 bits per heavy atom. The van der Waals surface area contributed by atoms with Gasteiger partial charge in [0.1, 0.15) is 5.82 Å². The third-order valence-electron chi connectivity index (χ3n) is 7.21. The second kappa shape index (κ2) is 12.8. The molecule has 4 aromatic rings. The zero-order valence-corrected chi connectivity index (χ0v) is 22.8. The molecular weight excluding hydrogens is 494 g/mol. The number of anilines is 2. The van der Waals surface area contributed by atoms with Crippen molar-refractivity contribution >= 4 is 22.5 Å². The van der Waals surface area contributed by atoms with Crippen LogP contribution in [0.1, 0.15) is 37.2 Å². The standard InChI is InChI=1S/C29H39N7O3/c1-3-14-36-28(38)26-27(35(29(36)39)15-13-21-9-5-7-11-23(21)30)32-25(20-22-10-6-8-12-24(22)31)34(26)17-16-33(4-2)18-19-37/h5-12,37H,3-4,13-20,30-31H2,1-2H3. The van der Waals surface area contributed by atoms with E-state index in [9.17, 15) is 14.7 Å². The van der Waals surface area contributed by atoms with Gasteiger partial charge in [0.05, 0.1) is 6.61 Å². The number of imidazole rings is 1. The summed E-state index contributed by atoms with van der Waals surface area (Å²) in [6, 6.07) is 15.2. The van der Waals surface area contributed by atoms with Crippen molar-refractivity contribution in [3.05, 3.63) is 86.3 Å². The van der Waals surface area contributed by atoms with Gasteiger partial charge in [-0.1, -0.05) is 50.2 Å². The van der Waals surface area contributed by atoms with E-state index in [1.165, 1.54) is 4.57 Å². The number of hydrogen-bond donors (Lipinski definition) is 3. The molecule has 0 unspecified atom stereocenters. The van der Waals surface area contributed by atoms with E-state index in [-0.39, 0.29) is 17.9 Å². The van der Waals surface area contributed by atoms with Crippen molar-refractivity contribution in [1.82, 2.24) is 23.6 Å². The van der Waals surface area contributed by atoms with Crippen molar-refractivity contribution in [3.8, 4) is 0 Å². The van der Waals surface area contributed by atoms with Crippen LogP contribution in [-0.4, -0.2) is 54.9 Å². The van der Waals surface area contributed by atoms with E-state index < -0.39 is 0 Å². The van der Waals surface area contributed by atoms with E-state index in [0.717, 1.165) is 17.7 Å². The third kappa shape index (κ3) is 6.07. The number of aromatic nitrogens is 4. The summed E-state index contributed by atoms with van der Waals surface area (Å²) in [6.07, 6.45) is 1.59. The van der Waals surface area contributed by atoms with E-state index in [0.29, 0.717) is 80.3 Å². The van der Waals surface area contributed by atoms with Crippen molar-refractivity contribution in [1.29, 1.82) is 0 Å². The quantitative estimate of drug-likeness (QED) is 0.224. The summed E-state index contributed by atoms with van der Waals surface area (Å²) in [5.41, 5.74) is 15.7. The highest BCUT2D eigenvalue weighted by atomic mass is 16.3. The molecule has 0 aliphatic rings. The highest BCUT2D eigenvalue weighted by molar-refractivity contribution is 5.71. The number of nitrogen functional groups attached to an aromatic ring is 2. The monoisotopic (exact) mass is 533 g/mol. The predicted molar refractivity (Wildman–Crippen MR) is 156 cm³/mol. The first-order chi connectivity index (χ1) is 18.9. The summed E-state index contributed by atoms with van der Waals surface area (Å²) >= 11 is 0. The van der Waals surface area contributed by atoms with Crippen molar-refractivity contribution < 1.29 is 5.11 Å². The van der Waals surface area contributed by atoms with Crippen LogP contribution in [0.2, 0.25) is 0 Å². The Balaban J connectivity index is 1.89. The molecule has 0 aliphatic carbocycles. The molecule has 2 aromatic heterocycles. The van der Waals surface area contributed by atoms with E-state index in [4.69, 9.17) is 16.5 Å². The summed E-state index contributed by atoms with van der Waals surface area (Å²) < 4.78 is 4.86. The average molecular weight is 534 g/mol. The van der Waals surface area contributed by atoms with Crippen molar-refractivity contribution in [2.75, 3.05) is 37.7 Å². The zero-order chi connectivity index (χ0) is 27.9. The Morgan fingerprint density at radius 2 is 1.51 bits per heavy atom. The van der Waals surface area contributed by atoms with Crippen LogP contribution in [0.25, 0.3) is 11.2 Å². The van der Waals surface area contributed by atoms with E-state index in [1.54, 1.807) is 4.57 Å². The molecule has 5 N–H and O–H groups in total. The zero-order valence-electron chi connectivity index (χ0n) is 22.8. The highest BCUT2D eigenvalue weighted by Gasteiger charge is 2.22. The first kappa shape index (κ1) is 28.1. The molecule has 0 aliphatic heterocycles. The summed E-state index contributed by atoms with van der Waals surface area (Å²) in [5, 5.41) is 9.48. The molecule has 0 radical (unpaired) electrons. The number of fused-ring (bicyclic) bond motifs is 1. The fourth-order valence-corrected chi connectivity index (χ4v) is 5.00. The molecule has 0 saturated carbocycles. The smallest absolute Gasteiger partial charge is 0.332 e. The number of hydrogen-bond acceptors (Lipinski definition) is 7. The molecule has 2 heterocycles. The number of aryl methyl sites for hydroxylation is 2. The van der Waals surface area contributed by atoms with Crippen LogP contribution in [0.5, 0.6) is 0 Å². The molecule has 10 heteroatoms. The van der Waals surface area contributed by atoms with Crippen LogP contribution in [0.15, 0.2) is 58.1 Å². The Bertz CT molecular complexity index is 1540. The Kier molecular flexibility index (Phi) is 9.21.